The summed E-state index contributed by atoms with van der Waals surface area (Å²) in [6, 6.07) is 15.6. The Hall–Kier alpha value is -2.80. The van der Waals surface area contributed by atoms with E-state index in [1.54, 1.807) is 24.1 Å². The van der Waals surface area contributed by atoms with Crippen LogP contribution in [0.15, 0.2) is 53.5 Å². The first-order valence-electron chi connectivity index (χ1n) is 10.6. The maximum Gasteiger partial charge on any atom is 0.242 e. The minimum Gasteiger partial charge on any atom is -0.495 e. The van der Waals surface area contributed by atoms with Crippen LogP contribution in [-0.2, 0) is 9.59 Å². The van der Waals surface area contributed by atoms with E-state index in [-0.39, 0.29) is 24.3 Å². The fourth-order valence-electron chi connectivity index (χ4n) is 3.52. The van der Waals surface area contributed by atoms with Gasteiger partial charge in [-0.2, -0.15) is 0 Å². The summed E-state index contributed by atoms with van der Waals surface area (Å²) in [5, 5.41) is 3.09. The molecule has 4 rings (SSSR count). The Labute approximate surface area is 187 Å². The van der Waals surface area contributed by atoms with Gasteiger partial charge in [0.05, 0.1) is 18.5 Å². The van der Waals surface area contributed by atoms with Gasteiger partial charge in [0.2, 0.25) is 11.8 Å². The van der Waals surface area contributed by atoms with E-state index < -0.39 is 5.25 Å². The number of thioether (sulfide) groups is 1. The number of carbonyl (C=O) groups is 2. The maximum absolute atomic E-state index is 13.1. The molecule has 1 unspecified atom stereocenters. The van der Waals surface area contributed by atoms with Gasteiger partial charge < -0.3 is 10.1 Å². The quantitative estimate of drug-likeness (QED) is 0.666. The molecule has 1 saturated heterocycles. The van der Waals surface area contributed by atoms with Crippen molar-refractivity contribution in [3.63, 3.8) is 0 Å². The van der Waals surface area contributed by atoms with Crippen LogP contribution in [0.4, 0.5) is 11.4 Å². The van der Waals surface area contributed by atoms with E-state index in [9.17, 15) is 9.59 Å². The van der Waals surface area contributed by atoms with E-state index in [4.69, 9.17) is 9.73 Å². The van der Waals surface area contributed by atoms with Gasteiger partial charge in [-0.1, -0.05) is 49.9 Å². The lowest BCUT2D eigenvalue weighted by Gasteiger charge is -2.15. The van der Waals surface area contributed by atoms with E-state index in [0.29, 0.717) is 22.5 Å². The largest absolute Gasteiger partial charge is 0.495 e. The second-order valence-corrected chi connectivity index (χ2v) is 9.31. The number of para-hydroxylation sites is 2. The van der Waals surface area contributed by atoms with Crippen LogP contribution in [0.2, 0.25) is 0 Å². The molecule has 0 spiro atoms. The van der Waals surface area contributed by atoms with Gasteiger partial charge in [-0.15, -0.1) is 0 Å². The smallest absolute Gasteiger partial charge is 0.242 e. The van der Waals surface area contributed by atoms with Gasteiger partial charge in [0.15, 0.2) is 5.17 Å². The third kappa shape index (κ3) is 4.93. The first-order chi connectivity index (χ1) is 15.0. The number of methoxy groups -OCH3 is 1. The average molecular weight is 438 g/mol. The van der Waals surface area contributed by atoms with Crippen LogP contribution in [0, 0.1) is 0 Å². The molecule has 2 aliphatic rings. The maximum atomic E-state index is 13.1. The third-order valence-electron chi connectivity index (χ3n) is 5.41. The number of nitrogens with one attached hydrogen (secondary N) is 1. The molecule has 2 amide bonds. The summed E-state index contributed by atoms with van der Waals surface area (Å²) in [6.07, 6.45) is 2.06. The zero-order chi connectivity index (χ0) is 22.0. The minimum absolute atomic E-state index is 0.0276. The van der Waals surface area contributed by atoms with Gasteiger partial charge in [-0.3, -0.25) is 14.5 Å². The van der Waals surface area contributed by atoms with Crippen molar-refractivity contribution in [2.24, 2.45) is 4.99 Å². The highest BCUT2D eigenvalue weighted by Gasteiger charge is 2.46. The summed E-state index contributed by atoms with van der Waals surface area (Å²) in [7, 11) is 1.56. The lowest BCUT2D eigenvalue weighted by Crippen LogP contribution is -2.35. The second kappa shape index (κ2) is 9.14. The highest BCUT2D eigenvalue weighted by molar-refractivity contribution is 8.15. The topological polar surface area (TPSA) is 71.0 Å². The van der Waals surface area contributed by atoms with E-state index in [1.165, 1.54) is 17.3 Å². The van der Waals surface area contributed by atoms with E-state index in [0.717, 1.165) is 18.5 Å². The fraction of sp³-hybridized carbons (Fsp3) is 0.375. The van der Waals surface area contributed by atoms with Crippen molar-refractivity contribution in [1.29, 1.82) is 0 Å². The third-order valence-corrected chi connectivity index (χ3v) is 6.57. The molecule has 1 aliphatic heterocycles. The van der Waals surface area contributed by atoms with E-state index in [1.807, 2.05) is 24.3 Å². The van der Waals surface area contributed by atoms with Crippen molar-refractivity contribution in [3.05, 3.63) is 54.1 Å². The highest BCUT2D eigenvalue weighted by Crippen LogP contribution is 2.39. The van der Waals surface area contributed by atoms with Crippen LogP contribution in [0.25, 0.3) is 0 Å². The number of amides is 2. The van der Waals surface area contributed by atoms with Gasteiger partial charge in [0.25, 0.3) is 0 Å². The molecule has 1 atom stereocenters. The molecule has 1 saturated carbocycles. The van der Waals surface area contributed by atoms with Crippen LogP contribution in [0.5, 0.6) is 5.75 Å². The second-order valence-electron chi connectivity index (χ2n) is 8.14. The van der Waals surface area contributed by atoms with Crippen LogP contribution in [0.1, 0.15) is 44.6 Å². The number of rotatable bonds is 7. The zero-order valence-electron chi connectivity index (χ0n) is 18.0. The van der Waals surface area contributed by atoms with Crippen LogP contribution >= 0.6 is 11.8 Å². The summed E-state index contributed by atoms with van der Waals surface area (Å²) in [6.45, 7) is 4.31. The van der Waals surface area contributed by atoms with Crippen molar-refractivity contribution in [2.45, 2.75) is 50.3 Å². The van der Waals surface area contributed by atoms with Gasteiger partial charge in [0.1, 0.15) is 11.0 Å². The average Bonchev–Trinajstić information content (AvgIpc) is 3.54. The summed E-state index contributed by atoms with van der Waals surface area (Å²) < 4.78 is 5.29. The Morgan fingerprint density at radius 2 is 1.90 bits per heavy atom. The van der Waals surface area contributed by atoms with Gasteiger partial charge in [-0.05, 0) is 48.6 Å². The number of carbonyl (C=O) groups excluding carboxylic acids is 2. The number of ether oxygens (including phenoxy) is 1. The van der Waals surface area contributed by atoms with Crippen LogP contribution in [0.3, 0.4) is 0 Å². The number of nitrogens with zero attached hydrogens (tertiary/aromatic N) is 2. The minimum atomic E-state index is -0.469. The molecule has 0 bridgehead atoms. The van der Waals surface area contributed by atoms with Crippen LogP contribution in [-0.4, -0.2) is 40.3 Å². The summed E-state index contributed by atoms with van der Waals surface area (Å²) in [4.78, 5) is 32.3. The Morgan fingerprint density at radius 3 is 2.55 bits per heavy atom. The number of hydrogen-bond acceptors (Lipinski definition) is 5. The predicted molar refractivity (Wildman–Crippen MR) is 125 cm³/mol. The van der Waals surface area contributed by atoms with Crippen molar-refractivity contribution in [2.75, 3.05) is 12.4 Å². The van der Waals surface area contributed by atoms with Crippen molar-refractivity contribution in [1.82, 2.24) is 4.90 Å². The number of benzene rings is 2. The SMILES string of the molecule is COc1ccccc1NC(=O)CC1SC(=Nc2ccc(C(C)C)cc2)N(C2CC2)C1=O. The van der Waals surface area contributed by atoms with Crippen LogP contribution < -0.4 is 10.1 Å². The molecule has 1 N–H and O–H groups in total. The summed E-state index contributed by atoms with van der Waals surface area (Å²) in [5.41, 5.74) is 2.68. The molecule has 7 heteroatoms. The molecular formula is C24H27N3O3S. The first-order valence-corrected chi connectivity index (χ1v) is 11.5. The standard InChI is InChI=1S/C24H27N3O3S/c1-15(2)16-8-10-17(11-9-16)25-24-27(18-12-13-18)23(29)21(31-24)14-22(28)26-19-6-4-5-7-20(19)30-3/h4-11,15,18,21H,12-14H2,1-3H3,(H,26,28). The predicted octanol–water partition coefficient (Wildman–Crippen LogP) is 4.94. The normalized spacial score (nSPS) is 19.9. The van der Waals surface area contributed by atoms with Gasteiger partial charge >= 0.3 is 0 Å². The zero-order valence-corrected chi connectivity index (χ0v) is 18.8. The van der Waals surface area contributed by atoms with Gasteiger partial charge in [0, 0.05) is 12.5 Å². The number of aliphatic imine (C=N–C) groups is 1. The molecule has 6 nitrogen and oxygen atoms in total. The number of amidine groups is 1. The number of anilines is 1. The summed E-state index contributed by atoms with van der Waals surface area (Å²) in [5.74, 6) is 0.806. The molecule has 2 aromatic rings. The first kappa shape index (κ1) is 21.4. The Kier molecular flexibility index (Phi) is 6.32. The lowest BCUT2D eigenvalue weighted by molar-refractivity contribution is -0.128. The Balaban J connectivity index is 1.48. The van der Waals surface area contributed by atoms with E-state index >= 15 is 0 Å². The fourth-order valence-corrected chi connectivity index (χ4v) is 4.74. The lowest BCUT2D eigenvalue weighted by atomic mass is 10.0. The molecule has 0 radical (unpaired) electrons. The molecule has 2 fully saturated rings. The van der Waals surface area contributed by atoms with Gasteiger partial charge in [-0.25, -0.2) is 4.99 Å². The molecule has 0 aromatic heterocycles. The molecule has 162 valence electrons. The molecule has 1 aliphatic carbocycles. The van der Waals surface area contributed by atoms with Crippen molar-refractivity contribution in [3.8, 4) is 5.75 Å². The number of hydrogen-bond donors (Lipinski definition) is 1. The van der Waals surface area contributed by atoms with Crippen molar-refractivity contribution < 1.29 is 14.3 Å². The highest BCUT2D eigenvalue weighted by atomic mass is 32.2. The monoisotopic (exact) mass is 437 g/mol. The van der Waals surface area contributed by atoms with Crippen molar-refractivity contribution >= 4 is 40.1 Å². The Bertz CT molecular complexity index is 999. The molecule has 1 heterocycles. The molecule has 2 aromatic carbocycles. The summed E-state index contributed by atoms with van der Waals surface area (Å²) >= 11 is 1.38. The Morgan fingerprint density at radius 1 is 1.19 bits per heavy atom. The van der Waals surface area contributed by atoms with E-state index in [2.05, 4.69) is 31.3 Å². The molecular weight excluding hydrogens is 410 g/mol. The molecule has 31 heavy (non-hydrogen) atoms.